The van der Waals surface area contributed by atoms with Crippen LogP contribution in [0.25, 0.3) is 0 Å². The van der Waals surface area contributed by atoms with Crippen LogP contribution < -0.4 is 10.0 Å². The summed E-state index contributed by atoms with van der Waals surface area (Å²) in [4.78, 5) is 12.3. The molecule has 0 spiro atoms. The molecular weight excluding hydrogens is 336 g/mol. The van der Waals surface area contributed by atoms with Crippen molar-refractivity contribution in [2.24, 2.45) is 0 Å². The lowest BCUT2D eigenvalue weighted by atomic mass is 10.2. The molecule has 122 valence electrons. The van der Waals surface area contributed by atoms with Crippen LogP contribution in [0.2, 0.25) is 5.02 Å². The molecule has 0 aromatic heterocycles. The van der Waals surface area contributed by atoms with Gasteiger partial charge in [0.2, 0.25) is 10.0 Å². The predicted octanol–water partition coefficient (Wildman–Crippen LogP) is 3.20. The van der Waals surface area contributed by atoms with E-state index in [1.54, 1.807) is 19.1 Å². The number of hydrogen-bond acceptors (Lipinski definition) is 3. The molecule has 0 saturated carbocycles. The third kappa shape index (κ3) is 4.31. The summed E-state index contributed by atoms with van der Waals surface area (Å²) in [5, 5.41) is 3.29. The molecule has 2 aromatic rings. The highest BCUT2D eigenvalue weighted by atomic mass is 35.5. The first-order valence-electron chi connectivity index (χ1n) is 7.00. The van der Waals surface area contributed by atoms with Gasteiger partial charge in [-0.25, -0.2) is 13.1 Å². The van der Waals surface area contributed by atoms with Crippen LogP contribution in [0.4, 0.5) is 5.69 Å². The molecule has 0 aliphatic heterocycles. The number of rotatable bonds is 5. The van der Waals surface area contributed by atoms with E-state index in [4.69, 9.17) is 11.6 Å². The Bertz CT molecular complexity index is 818. The van der Waals surface area contributed by atoms with Crippen molar-refractivity contribution < 1.29 is 13.2 Å². The second-order valence-electron chi connectivity index (χ2n) is 4.94. The highest BCUT2D eigenvalue weighted by Gasteiger charge is 2.14. The van der Waals surface area contributed by atoms with Crippen LogP contribution in [-0.2, 0) is 10.0 Å². The first kappa shape index (κ1) is 17.5. The number of hydrogen-bond donors (Lipinski definition) is 2. The van der Waals surface area contributed by atoms with Gasteiger partial charge in [-0.3, -0.25) is 4.79 Å². The maximum atomic E-state index is 12.2. The van der Waals surface area contributed by atoms with Crippen LogP contribution in [0.15, 0.2) is 47.4 Å². The molecule has 0 unspecified atom stereocenters. The Morgan fingerprint density at radius 3 is 2.35 bits per heavy atom. The SMILES string of the molecule is CCNS(=O)(=O)c1ccc(C(=O)Nc2ccc(C)c(Cl)c2)cc1. The molecular formula is C16H17ClN2O3S. The van der Waals surface area contributed by atoms with E-state index in [0.29, 0.717) is 22.8 Å². The number of sulfonamides is 1. The van der Waals surface area contributed by atoms with Gasteiger partial charge in [0.15, 0.2) is 0 Å². The van der Waals surface area contributed by atoms with E-state index in [1.807, 2.05) is 13.0 Å². The molecule has 0 radical (unpaired) electrons. The van der Waals surface area contributed by atoms with Crippen LogP contribution in [0, 0.1) is 6.92 Å². The first-order chi connectivity index (χ1) is 10.8. The minimum absolute atomic E-state index is 0.120. The monoisotopic (exact) mass is 352 g/mol. The third-order valence-corrected chi connectivity index (χ3v) is 5.16. The van der Waals surface area contributed by atoms with Crippen LogP contribution in [0.3, 0.4) is 0 Å². The fourth-order valence-electron chi connectivity index (χ4n) is 1.93. The Morgan fingerprint density at radius 1 is 1.13 bits per heavy atom. The molecule has 0 atom stereocenters. The normalized spacial score (nSPS) is 11.3. The number of carbonyl (C=O) groups excluding carboxylic acids is 1. The fourth-order valence-corrected chi connectivity index (χ4v) is 3.15. The average Bonchev–Trinajstić information content (AvgIpc) is 2.51. The van der Waals surface area contributed by atoms with Crippen LogP contribution in [0.5, 0.6) is 0 Å². The summed E-state index contributed by atoms with van der Waals surface area (Å²) < 4.78 is 26.1. The van der Waals surface area contributed by atoms with Crippen molar-refractivity contribution in [1.29, 1.82) is 0 Å². The van der Waals surface area contributed by atoms with Crippen molar-refractivity contribution in [3.05, 3.63) is 58.6 Å². The van der Waals surface area contributed by atoms with Gasteiger partial charge in [-0.05, 0) is 48.9 Å². The summed E-state index contributed by atoms with van der Waals surface area (Å²) in [5.74, 6) is -0.336. The van der Waals surface area contributed by atoms with Gasteiger partial charge in [0.25, 0.3) is 5.91 Å². The molecule has 0 saturated heterocycles. The summed E-state index contributed by atoms with van der Waals surface area (Å²) in [7, 11) is -3.52. The minimum Gasteiger partial charge on any atom is -0.322 e. The summed E-state index contributed by atoms with van der Waals surface area (Å²) in [6, 6.07) is 11.0. The molecule has 0 bridgehead atoms. The van der Waals surface area contributed by atoms with Gasteiger partial charge in [0.05, 0.1) is 4.90 Å². The average molecular weight is 353 g/mol. The van der Waals surface area contributed by atoms with Crippen molar-refractivity contribution in [1.82, 2.24) is 4.72 Å². The summed E-state index contributed by atoms with van der Waals surface area (Å²) >= 11 is 6.02. The Hall–Kier alpha value is -1.89. The highest BCUT2D eigenvalue weighted by molar-refractivity contribution is 7.89. The number of amides is 1. The quantitative estimate of drug-likeness (QED) is 0.867. The van der Waals surface area contributed by atoms with Crippen LogP contribution in [-0.4, -0.2) is 20.9 Å². The Labute approximate surface area is 140 Å². The summed E-state index contributed by atoms with van der Waals surface area (Å²) in [6.45, 7) is 3.88. The summed E-state index contributed by atoms with van der Waals surface area (Å²) in [5.41, 5.74) is 1.86. The van der Waals surface area contributed by atoms with E-state index < -0.39 is 10.0 Å². The maximum absolute atomic E-state index is 12.2. The molecule has 0 fully saturated rings. The van der Waals surface area contributed by atoms with E-state index in [9.17, 15) is 13.2 Å². The molecule has 5 nitrogen and oxygen atoms in total. The standard InChI is InChI=1S/C16H17ClN2O3S/c1-3-18-23(21,22)14-8-5-12(6-9-14)16(20)19-13-7-4-11(2)15(17)10-13/h4-10,18H,3H2,1-2H3,(H,19,20). The molecule has 7 heteroatoms. The predicted molar refractivity (Wildman–Crippen MR) is 91.4 cm³/mol. The molecule has 0 heterocycles. The van der Waals surface area contributed by atoms with E-state index in [1.165, 1.54) is 24.3 Å². The van der Waals surface area contributed by atoms with Crippen LogP contribution >= 0.6 is 11.6 Å². The lowest BCUT2D eigenvalue weighted by Gasteiger charge is -2.08. The van der Waals surface area contributed by atoms with Crippen LogP contribution in [0.1, 0.15) is 22.8 Å². The fraction of sp³-hybridized carbons (Fsp3) is 0.188. The minimum atomic E-state index is -3.52. The zero-order chi connectivity index (χ0) is 17.0. The van der Waals surface area contributed by atoms with Crippen molar-refractivity contribution in [2.75, 3.05) is 11.9 Å². The highest BCUT2D eigenvalue weighted by Crippen LogP contribution is 2.20. The van der Waals surface area contributed by atoms with E-state index in [-0.39, 0.29) is 10.8 Å². The zero-order valence-corrected chi connectivity index (χ0v) is 14.3. The van der Waals surface area contributed by atoms with E-state index in [2.05, 4.69) is 10.0 Å². The molecule has 2 rings (SSSR count). The van der Waals surface area contributed by atoms with Crippen molar-refractivity contribution in [3.8, 4) is 0 Å². The van der Waals surface area contributed by atoms with E-state index >= 15 is 0 Å². The second kappa shape index (κ2) is 7.12. The lowest BCUT2D eigenvalue weighted by Crippen LogP contribution is -2.23. The first-order valence-corrected chi connectivity index (χ1v) is 8.87. The Kier molecular flexibility index (Phi) is 5.41. The number of benzene rings is 2. The number of carbonyl (C=O) groups is 1. The molecule has 0 aliphatic carbocycles. The van der Waals surface area contributed by atoms with Gasteiger partial charge in [-0.15, -0.1) is 0 Å². The van der Waals surface area contributed by atoms with Crippen molar-refractivity contribution in [2.45, 2.75) is 18.7 Å². The molecule has 2 aromatic carbocycles. The largest absolute Gasteiger partial charge is 0.322 e. The van der Waals surface area contributed by atoms with Gasteiger partial charge < -0.3 is 5.32 Å². The Balaban J connectivity index is 2.15. The smallest absolute Gasteiger partial charge is 0.255 e. The molecule has 1 amide bonds. The Morgan fingerprint density at radius 2 is 1.78 bits per heavy atom. The molecule has 0 aliphatic rings. The van der Waals surface area contributed by atoms with Gasteiger partial charge >= 0.3 is 0 Å². The number of nitrogens with one attached hydrogen (secondary N) is 2. The van der Waals surface area contributed by atoms with Gasteiger partial charge in [0, 0.05) is 22.8 Å². The lowest BCUT2D eigenvalue weighted by molar-refractivity contribution is 0.102. The third-order valence-electron chi connectivity index (χ3n) is 3.19. The zero-order valence-electron chi connectivity index (χ0n) is 12.8. The van der Waals surface area contributed by atoms with E-state index in [0.717, 1.165) is 5.56 Å². The second-order valence-corrected chi connectivity index (χ2v) is 7.12. The maximum Gasteiger partial charge on any atom is 0.255 e. The number of aryl methyl sites for hydroxylation is 1. The van der Waals surface area contributed by atoms with Crippen molar-refractivity contribution in [3.63, 3.8) is 0 Å². The summed E-state index contributed by atoms with van der Waals surface area (Å²) in [6.07, 6.45) is 0. The van der Waals surface area contributed by atoms with Crippen molar-refractivity contribution >= 4 is 33.2 Å². The molecule has 2 N–H and O–H groups in total. The topological polar surface area (TPSA) is 75.3 Å². The molecule has 23 heavy (non-hydrogen) atoms. The number of anilines is 1. The van der Waals surface area contributed by atoms with Gasteiger partial charge in [-0.1, -0.05) is 24.6 Å². The number of halogens is 1. The van der Waals surface area contributed by atoms with Gasteiger partial charge in [0.1, 0.15) is 0 Å². The van der Waals surface area contributed by atoms with Gasteiger partial charge in [-0.2, -0.15) is 0 Å².